The van der Waals surface area contributed by atoms with E-state index in [0.717, 1.165) is 42.2 Å². The zero-order valence-corrected chi connectivity index (χ0v) is 13.6. The Morgan fingerprint density at radius 1 is 1.38 bits per heavy atom. The van der Waals surface area contributed by atoms with Gasteiger partial charge < -0.3 is 10.1 Å². The Balaban J connectivity index is 2.51. The fraction of sp³-hybridized carbons (Fsp3) is 0.600. The van der Waals surface area contributed by atoms with Crippen molar-refractivity contribution in [1.29, 1.82) is 0 Å². The number of methoxy groups -OCH3 is 1. The molecule has 0 spiro atoms. The molecular weight excluding hydrogens is 266 g/mol. The highest BCUT2D eigenvalue weighted by Crippen LogP contribution is 2.31. The van der Waals surface area contributed by atoms with Gasteiger partial charge in [0.25, 0.3) is 0 Å². The minimum Gasteiger partial charge on any atom is -0.493 e. The van der Waals surface area contributed by atoms with Gasteiger partial charge in [0.05, 0.1) is 25.0 Å². The third kappa shape index (κ3) is 3.10. The molecule has 1 unspecified atom stereocenters. The van der Waals surface area contributed by atoms with Crippen LogP contribution in [0, 0.1) is 6.92 Å². The molecule has 1 atom stereocenters. The molecule has 0 aliphatic heterocycles. The standard InChI is InChI=1S/C15H25N5O/c1-6-8-20-15(13(21-5)9-17-20)14(16-7-2)12-10-19(4)18-11(12)3/h9-10,14,16H,6-8H2,1-5H3. The van der Waals surface area contributed by atoms with Gasteiger partial charge in [0.2, 0.25) is 0 Å². The van der Waals surface area contributed by atoms with Crippen molar-refractivity contribution in [2.45, 2.75) is 39.8 Å². The fourth-order valence-electron chi connectivity index (χ4n) is 2.68. The summed E-state index contributed by atoms with van der Waals surface area (Å²) in [6.07, 6.45) is 4.88. The first-order valence-corrected chi connectivity index (χ1v) is 7.45. The average Bonchev–Trinajstić information content (AvgIpc) is 3.00. The molecule has 0 fully saturated rings. The van der Waals surface area contributed by atoms with Gasteiger partial charge in [0, 0.05) is 25.4 Å². The topological polar surface area (TPSA) is 56.9 Å². The van der Waals surface area contributed by atoms with Crippen LogP contribution in [0.1, 0.15) is 43.3 Å². The van der Waals surface area contributed by atoms with E-state index in [-0.39, 0.29) is 6.04 Å². The first-order valence-electron chi connectivity index (χ1n) is 7.45. The van der Waals surface area contributed by atoms with Gasteiger partial charge >= 0.3 is 0 Å². The van der Waals surface area contributed by atoms with Gasteiger partial charge in [0.15, 0.2) is 5.75 Å². The van der Waals surface area contributed by atoms with Crippen molar-refractivity contribution in [3.05, 3.63) is 29.3 Å². The molecule has 116 valence electrons. The summed E-state index contributed by atoms with van der Waals surface area (Å²) in [7, 11) is 3.63. The SMILES string of the molecule is CCCn1ncc(OC)c1C(NCC)c1cn(C)nc1C. The highest BCUT2D eigenvalue weighted by molar-refractivity contribution is 5.37. The Labute approximate surface area is 126 Å². The predicted octanol–water partition coefficient (Wildman–Crippen LogP) is 2.04. The van der Waals surface area contributed by atoms with E-state index < -0.39 is 0 Å². The van der Waals surface area contributed by atoms with E-state index in [1.807, 2.05) is 23.3 Å². The Kier molecular flexibility index (Phi) is 5.01. The Morgan fingerprint density at radius 3 is 2.67 bits per heavy atom. The van der Waals surface area contributed by atoms with Crippen molar-refractivity contribution in [2.75, 3.05) is 13.7 Å². The molecule has 2 aromatic heterocycles. The van der Waals surface area contributed by atoms with Crippen LogP contribution in [-0.2, 0) is 13.6 Å². The third-order valence-electron chi connectivity index (χ3n) is 3.54. The second-order valence-electron chi connectivity index (χ2n) is 5.16. The van der Waals surface area contributed by atoms with Gasteiger partial charge in [-0.15, -0.1) is 0 Å². The quantitative estimate of drug-likeness (QED) is 0.848. The van der Waals surface area contributed by atoms with E-state index in [9.17, 15) is 0 Å². The molecule has 6 nitrogen and oxygen atoms in total. The van der Waals surface area contributed by atoms with Crippen molar-refractivity contribution in [2.24, 2.45) is 7.05 Å². The van der Waals surface area contributed by atoms with Gasteiger partial charge in [-0.2, -0.15) is 10.2 Å². The molecule has 0 bridgehead atoms. The molecule has 6 heteroatoms. The van der Waals surface area contributed by atoms with Gasteiger partial charge in [-0.05, 0) is 19.9 Å². The molecule has 0 aliphatic carbocycles. The van der Waals surface area contributed by atoms with E-state index in [1.165, 1.54) is 0 Å². The van der Waals surface area contributed by atoms with Crippen LogP contribution < -0.4 is 10.1 Å². The van der Waals surface area contributed by atoms with E-state index in [0.29, 0.717) is 0 Å². The zero-order chi connectivity index (χ0) is 15.4. The lowest BCUT2D eigenvalue weighted by atomic mass is 10.0. The summed E-state index contributed by atoms with van der Waals surface area (Å²) in [6, 6.07) is 0.0349. The van der Waals surface area contributed by atoms with Crippen molar-refractivity contribution < 1.29 is 4.74 Å². The summed E-state index contributed by atoms with van der Waals surface area (Å²) in [5, 5.41) is 12.5. The summed E-state index contributed by atoms with van der Waals surface area (Å²) in [5.41, 5.74) is 3.25. The van der Waals surface area contributed by atoms with Crippen LogP contribution in [0.2, 0.25) is 0 Å². The lowest BCUT2D eigenvalue weighted by molar-refractivity contribution is 0.398. The Bertz CT molecular complexity index is 587. The molecule has 0 aromatic carbocycles. The van der Waals surface area contributed by atoms with Gasteiger partial charge in [0.1, 0.15) is 5.69 Å². The minimum absolute atomic E-state index is 0.0349. The number of aromatic nitrogens is 4. The van der Waals surface area contributed by atoms with Gasteiger partial charge in [-0.1, -0.05) is 13.8 Å². The first kappa shape index (κ1) is 15.6. The highest BCUT2D eigenvalue weighted by Gasteiger charge is 2.25. The summed E-state index contributed by atoms with van der Waals surface area (Å²) < 4.78 is 9.39. The summed E-state index contributed by atoms with van der Waals surface area (Å²) in [5.74, 6) is 0.817. The molecule has 2 heterocycles. The van der Waals surface area contributed by atoms with Gasteiger partial charge in [-0.25, -0.2) is 0 Å². The van der Waals surface area contributed by atoms with Crippen molar-refractivity contribution in [3.63, 3.8) is 0 Å². The molecule has 2 rings (SSSR count). The summed E-state index contributed by atoms with van der Waals surface area (Å²) >= 11 is 0. The van der Waals surface area contributed by atoms with Crippen LogP contribution in [0.5, 0.6) is 5.75 Å². The fourth-order valence-corrected chi connectivity index (χ4v) is 2.68. The lowest BCUT2D eigenvalue weighted by Crippen LogP contribution is -2.25. The average molecular weight is 291 g/mol. The molecule has 21 heavy (non-hydrogen) atoms. The maximum atomic E-state index is 5.52. The molecular formula is C15H25N5O. The number of ether oxygens (including phenoxy) is 1. The van der Waals surface area contributed by atoms with Crippen molar-refractivity contribution in [3.8, 4) is 5.75 Å². The number of hydrogen-bond acceptors (Lipinski definition) is 4. The number of aryl methyl sites for hydroxylation is 3. The van der Waals surface area contributed by atoms with Crippen LogP contribution in [-0.4, -0.2) is 33.2 Å². The number of nitrogens with zero attached hydrogens (tertiary/aromatic N) is 4. The smallest absolute Gasteiger partial charge is 0.161 e. The maximum absolute atomic E-state index is 5.52. The molecule has 0 saturated carbocycles. The molecule has 0 aliphatic rings. The summed E-state index contributed by atoms with van der Waals surface area (Å²) in [6.45, 7) is 8.02. The number of nitrogens with one attached hydrogen (secondary N) is 1. The molecule has 0 saturated heterocycles. The first-order chi connectivity index (χ1) is 10.1. The second kappa shape index (κ2) is 6.76. The van der Waals surface area contributed by atoms with Crippen LogP contribution in [0.15, 0.2) is 12.4 Å². The number of rotatable bonds is 7. The Hall–Kier alpha value is -1.82. The normalized spacial score (nSPS) is 12.6. The van der Waals surface area contributed by atoms with E-state index in [1.54, 1.807) is 13.3 Å². The second-order valence-corrected chi connectivity index (χ2v) is 5.16. The van der Waals surface area contributed by atoms with Crippen LogP contribution in [0.3, 0.4) is 0 Å². The molecule has 0 amide bonds. The van der Waals surface area contributed by atoms with E-state index >= 15 is 0 Å². The number of hydrogen-bond donors (Lipinski definition) is 1. The van der Waals surface area contributed by atoms with Crippen LogP contribution in [0.25, 0.3) is 0 Å². The maximum Gasteiger partial charge on any atom is 0.161 e. The van der Waals surface area contributed by atoms with Crippen LogP contribution in [0.4, 0.5) is 0 Å². The predicted molar refractivity (Wildman–Crippen MR) is 82.5 cm³/mol. The van der Waals surface area contributed by atoms with E-state index in [4.69, 9.17) is 4.74 Å². The summed E-state index contributed by atoms with van der Waals surface area (Å²) in [4.78, 5) is 0. The van der Waals surface area contributed by atoms with Crippen molar-refractivity contribution in [1.82, 2.24) is 24.9 Å². The molecule has 1 N–H and O–H groups in total. The molecule has 0 radical (unpaired) electrons. The molecule has 2 aromatic rings. The highest BCUT2D eigenvalue weighted by atomic mass is 16.5. The Morgan fingerprint density at radius 2 is 2.14 bits per heavy atom. The zero-order valence-electron chi connectivity index (χ0n) is 13.6. The van der Waals surface area contributed by atoms with Crippen molar-refractivity contribution >= 4 is 0 Å². The van der Waals surface area contributed by atoms with Gasteiger partial charge in [-0.3, -0.25) is 9.36 Å². The van der Waals surface area contributed by atoms with Crippen LogP contribution >= 0.6 is 0 Å². The largest absolute Gasteiger partial charge is 0.493 e. The monoisotopic (exact) mass is 291 g/mol. The third-order valence-corrected chi connectivity index (χ3v) is 3.54. The van der Waals surface area contributed by atoms with E-state index in [2.05, 4.69) is 35.6 Å². The lowest BCUT2D eigenvalue weighted by Gasteiger charge is -2.20. The minimum atomic E-state index is 0.0349.